The monoisotopic (exact) mass is 333 g/mol. The van der Waals surface area contributed by atoms with Crippen molar-refractivity contribution in [2.75, 3.05) is 25.0 Å². The van der Waals surface area contributed by atoms with Gasteiger partial charge in [-0.05, 0) is 49.9 Å². The van der Waals surface area contributed by atoms with E-state index in [2.05, 4.69) is 15.5 Å². The van der Waals surface area contributed by atoms with Crippen LogP contribution in [-0.4, -0.2) is 42.4 Å². The SMILES string of the molecule is O=C(CCN1CCC(NC(=O)C2CC2)CC1)Nc1ccc(F)cc1. The molecule has 1 aliphatic heterocycles. The summed E-state index contributed by atoms with van der Waals surface area (Å²) in [5.74, 6) is 0.0979. The van der Waals surface area contributed by atoms with E-state index in [4.69, 9.17) is 0 Å². The molecule has 0 unspecified atom stereocenters. The minimum absolute atomic E-state index is 0.0641. The van der Waals surface area contributed by atoms with Gasteiger partial charge in [0, 0.05) is 43.7 Å². The second kappa shape index (κ2) is 7.75. The minimum Gasteiger partial charge on any atom is -0.353 e. The number of hydrogen-bond donors (Lipinski definition) is 2. The third-order valence-electron chi connectivity index (χ3n) is 4.67. The highest BCUT2D eigenvalue weighted by molar-refractivity contribution is 5.90. The van der Waals surface area contributed by atoms with E-state index in [1.54, 1.807) is 12.1 Å². The third kappa shape index (κ3) is 5.03. The Morgan fingerprint density at radius 2 is 1.75 bits per heavy atom. The summed E-state index contributed by atoms with van der Waals surface area (Å²) in [6.45, 7) is 2.51. The zero-order valence-corrected chi connectivity index (χ0v) is 13.8. The van der Waals surface area contributed by atoms with Crippen LogP contribution in [0.5, 0.6) is 0 Å². The maximum Gasteiger partial charge on any atom is 0.225 e. The molecule has 1 saturated carbocycles. The van der Waals surface area contributed by atoms with Gasteiger partial charge >= 0.3 is 0 Å². The van der Waals surface area contributed by atoms with Crippen molar-refractivity contribution in [1.29, 1.82) is 0 Å². The topological polar surface area (TPSA) is 61.4 Å². The molecule has 0 atom stereocenters. The van der Waals surface area contributed by atoms with Gasteiger partial charge in [-0.1, -0.05) is 0 Å². The molecule has 1 heterocycles. The quantitative estimate of drug-likeness (QED) is 0.838. The standard InChI is InChI=1S/C18H24FN3O2/c19-14-3-5-15(6-4-14)20-17(23)9-12-22-10-7-16(8-11-22)21-18(24)13-1-2-13/h3-6,13,16H,1-2,7-12H2,(H,20,23)(H,21,24). The second-order valence-electron chi connectivity index (χ2n) is 6.70. The summed E-state index contributed by atoms with van der Waals surface area (Å²) in [6, 6.07) is 6.05. The predicted molar refractivity (Wildman–Crippen MR) is 90.0 cm³/mol. The molecule has 3 rings (SSSR count). The van der Waals surface area contributed by atoms with E-state index in [9.17, 15) is 14.0 Å². The molecule has 2 fully saturated rings. The molecule has 1 aliphatic carbocycles. The minimum atomic E-state index is -0.315. The number of anilines is 1. The van der Waals surface area contributed by atoms with Crippen LogP contribution in [0.15, 0.2) is 24.3 Å². The first-order valence-electron chi connectivity index (χ1n) is 8.68. The van der Waals surface area contributed by atoms with Crippen LogP contribution < -0.4 is 10.6 Å². The number of nitrogens with one attached hydrogen (secondary N) is 2. The van der Waals surface area contributed by atoms with E-state index in [0.717, 1.165) is 38.8 Å². The Morgan fingerprint density at radius 1 is 1.08 bits per heavy atom. The van der Waals surface area contributed by atoms with Crippen molar-refractivity contribution < 1.29 is 14.0 Å². The molecular weight excluding hydrogens is 309 g/mol. The lowest BCUT2D eigenvalue weighted by atomic mass is 10.0. The normalized spacial score (nSPS) is 19.0. The molecule has 130 valence electrons. The van der Waals surface area contributed by atoms with Crippen molar-refractivity contribution >= 4 is 17.5 Å². The van der Waals surface area contributed by atoms with Gasteiger partial charge in [-0.2, -0.15) is 0 Å². The Balaban J connectivity index is 1.33. The van der Waals surface area contributed by atoms with Crippen molar-refractivity contribution in [3.8, 4) is 0 Å². The number of piperidine rings is 1. The van der Waals surface area contributed by atoms with Crippen molar-refractivity contribution in [3.63, 3.8) is 0 Å². The van der Waals surface area contributed by atoms with Crippen LogP contribution in [0.25, 0.3) is 0 Å². The van der Waals surface area contributed by atoms with Gasteiger partial charge in [0.25, 0.3) is 0 Å². The van der Waals surface area contributed by atoms with Gasteiger partial charge < -0.3 is 15.5 Å². The molecule has 0 radical (unpaired) electrons. The van der Waals surface area contributed by atoms with Gasteiger partial charge in [0.2, 0.25) is 11.8 Å². The van der Waals surface area contributed by atoms with Gasteiger partial charge in [-0.15, -0.1) is 0 Å². The van der Waals surface area contributed by atoms with Gasteiger partial charge in [0.15, 0.2) is 0 Å². The van der Waals surface area contributed by atoms with Crippen LogP contribution in [0.2, 0.25) is 0 Å². The fourth-order valence-corrected chi connectivity index (χ4v) is 2.98. The molecule has 0 spiro atoms. The fraction of sp³-hybridized carbons (Fsp3) is 0.556. The van der Waals surface area contributed by atoms with Crippen molar-refractivity contribution in [2.45, 2.75) is 38.1 Å². The van der Waals surface area contributed by atoms with Crippen molar-refractivity contribution in [3.05, 3.63) is 30.1 Å². The van der Waals surface area contributed by atoms with Crippen molar-refractivity contribution in [2.24, 2.45) is 5.92 Å². The number of amides is 2. The van der Waals surface area contributed by atoms with Crippen LogP contribution in [-0.2, 0) is 9.59 Å². The number of carbonyl (C=O) groups excluding carboxylic acids is 2. The average molecular weight is 333 g/mol. The van der Waals surface area contributed by atoms with E-state index >= 15 is 0 Å². The second-order valence-corrected chi connectivity index (χ2v) is 6.70. The summed E-state index contributed by atoms with van der Waals surface area (Å²) in [5.41, 5.74) is 0.614. The summed E-state index contributed by atoms with van der Waals surface area (Å²) >= 11 is 0. The molecule has 1 aromatic carbocycles. The van der Waals surface area contributed by atoms with Crippen LogP contribution in [0.3, 0.4) is 0 Å². The molecule has 24 heavy (non-hydrogen) atoms. The number of carbonyl (C=O) groups is 2. The maximum absolute atomic E-state index is 12.8. The Morgan fingerprint density at radius 3 is 2.38 bits per heavy atom. The van der Waals surface area contributed by atoms with Crippen molar-refractivity contribution in [1.82, 2.24) is 10.2 Å². The lowest BCUT2D eigenvalue weighted by Gasteiger charge is -2.32. The van der Waals surface area contributed by atoms with Crippen LogP contribution in [0.1, 0.15) is 32.1 Å². The lowest BCUT2D eigenvalue weighted by Crippen LogP contribution is -2.45. The molecule has 1 aromatic rings. The van der Waals surface area contributed by atoms with Crippen LogP contribution >= 0.6 is 0 Å². The third-order valence-corrected chi connectivity index (χ3v) is 4.67. The number of likely N-dealkylation sites (tertiary alicyclic amines) is 1. The predicted octanol–water partition coefficient (Wildman–Crippen LogP) is 2.14. The number of nitrogens with zero attached hydrogens (tertiary/aromatic N) is 1. The summed E-state index contributed by atoms with van der Waals surface area (Å²) < 4.78 is 12.8. The summed E-state index contributed by atoms with van der Waals surface area (Å²) in [5, 5.41) is 5.90. The van der Waals surface area contributed by atoms with Gasteiger partial charge in [-0.3, -0.25) is 9.59 Å². The first-order chi connectivity index (χ1) is 11.6. The van der Waals surface area contributed by atoms with E-state index in [-0.39, 0.29) is 29.6 Å². The Labute approximate surface area is 141 Å². The van der Waals surface area contributed by atoms with E-state index in [1.165, 1.54) is 12.1 Å². The number of hydrogen-bond acceptors (Lipinski definition) is 3. The molecule has 1 saturated heterocycles. The average Bonchev–Trinajstić information content (AvgIpc) is 3.41. The number of rotatable bonds is 6. The molecule has 2 amide bonds. The van der Waals surface area contributed by atoms with E-state index < -0.39 is 0 Å². The largest absolute Gasteiger partial charge is 0.353 e. The zero-order valence-electron chi connectivity index (χ0n) is 13.8. The summed E-state index contributed by atoms with van der Waals surface area (Å²) in [7, 11) is 0. The first-order valence-corrected chi connectivity index (χ1v) is 8.68. The molecule has 5 nitrogen and oxygen atoms in total. The first kappa shape index (κ1) is 16.9. The van der Waals surface area contributed by atoms with Gasteiger partial charge in [0.05, 0.1) is 0 Å². The van der Waals surface area contributed by atoms with E-state index in [0.29, 0.717) is 18.7 Å². The zero-order chi connectivity index (χ0) is 16.9. The number of halogens is 1. The smallest absolute Gasteiger partial charge is 0.225 e. The van der Waals surface area contributed by atoms with Crippen LogP contribution in [0.4, 0.5) is 10.1 Å². The molecule has 0 aromatic heterocycles. The Kier molecular flexibility index (Phi) is 5.45. The molecule has 0 bridgehead atoms. The van der Waals surface area contributed by atoms with Gasteiger partial charge in [0.1, 0.15) is 5.82 Å². The highest BCUT2D eigenvalue weighted by atomic mass is 19.1. The highest BCUT2D eigenvalue weighted by Crippen LogP contribution is 2.29. The Bertz CT molecular complexity index is 578. The molecule has 2 N–H and O–H groups in total. The summed E-state index contributed by atoms with van der Waals surface area (Å²) in [6.07, 6.45) is 4.37. The van der Waals surface area contributed by atoms with E-state index in [1.807, 2.05) is 0 Å². The van der Waals surface area contributed by atoms with Gasteiger partial charge in [-0.25, -0.2) is 4.39 Å². The van der Waals surface area contributed by atoms with Crippen LogP contribution in [0, 0.1) is 11.7 Å². The Hall–Kier alpha value is -1.95. The molecule has 6 heteroatoms. The fourth-order valence-electron chi connectivity index (χ4n) is 2.98. The molecule has 2 aliphatic rings. The lowest BCUT2D eigenvalue weighted by molar-refractivity contribution is -0.123. The summed E-state index contributed by atoms with van der Waals surface area (Å²) in [4.78, 5) is 26.0. The number of benzene rings is 1. The maximum atomic E-state index is 12.8. The molecular formula is C18H24FN3O2. The highest BCUT2D eigenvalue weighted by Gasteiger charge is 2.31.